The number of fused-ring (bicyclic) bond motifs is 2. The molecule has 0 amide bonds. The lowest BCUT2D eigenvalue weighted by Gasteiger charge is -2.04. The molecule has 0 fully saturated rings. The number of hydrogen-bond acceptors (Lipinski definition) is 2. The summed E-state index contributed by atoms with van der Waals surface area (Å²) in [6, 6.07) is 9.23. The van der Waals surface area contributed by atoms with Crippen molar-refractivity contribution in [3.05, 3.63) is 64.6 Å². The molecule has 2 aromatic carbocycles. The molecule has 4 aromatic rings. The third-order valence-corrected chi connectivity index (χ3v) is 3.58. The van der Waals surface area contributed by atoms with Gasteiger partial charge in [-0.1, -0.05) is 12.1 Å². The van der Waals surface area contributed by atoms with E-state index >= 15 is 0 Å². The van der Waals surface area contributed by atoms with Crippen LogP contribution in [0.4, 0.5) is 8.78 Å². The molecule has 0 aliphatic heterocycles. The zero-order valence-corrected chi connectivity index (χ0v) is 11.2. The van der Waals surface area contributed by atoms with Crippen LogP contribution in [0.3, 0.4) is 0 Å². The summed E-state index contributed by atoms with van der Waals surface area (Å²) >= 11 is 0. The van der Waals surface area contributed by atoms with Crippen molar-refractivity contribution in [3.8, 4) is 11.4 Å². The summed E-state index contributed by atoms with van der Waals surface area (Å²) in [7, 11) is 0. The molecule has 0 saturated carbocycles. The highest BCUT2D eigenvalue weighted by Crippen LogP contribution is 2.22. The van der Waals surface area contributed by atoms with E-state index in [1.165, 1.54) is 0 Å². The molecule has 0 saturated heterocycles. The number of nitrogens with one attached hydrogen (secondary N) is 2. The van der Waals surface area contributed by atoms with Crippen LogP contribution in [0, 0.1) is 11.6 Å². The zero-order valence-electron chi connectivity index (χ0n) is 11.2. The maximum absolute atomic E-state index is 13.3. The SMILES string of the molecule is O=c1[nH]c(-c2ccc3cc[nH]c3c2)nc2cc(F)c(F)cc12. The van der Waals surface area contributed by atoms with E-state index in [-0.39, 0.29) is 10.9 Å². The minimum Gasteiger partial charge on any atom is -0.361 e. The molecule has 0 radical (unpaired) electrons. The van der Waals surface area contributed by atoms with Gasteiger partial charge in [-0.25, -0.2) is 13.8 Å². The van der Waals surface area contributed by atoms with Gasteiger partial charge in [0.1, 0.15) is 5.82 Å². The lowest BCUT2D eigenvalue weighted by molar-refractivity contribution is 0.510. The molecule has 0 spiro atoms. The van der Waals surface area contributed by atoms with Gasteiger partial charge in [0, 0.05) is 23.3 Å². The van der Waals surface area contributed by atoms with E-state index in [2.05, 4.69) is 15.0 Å². The van der Waals surface area contributed by atoms with E-state index in [1.54, 1.807) is 6.07 Å². The van der Waals surface area contributed by atoms with Crippen LogP contribution < -0.4 is 5.56 Å². The summed E-state index contributed by atoms with van der Waals surface area (Å²) in [6.07, 6.45) is 1.81. The molecule has 2 N–H and O–H groups in total. The van der Waals surface area contributed by atoms with Gasteiger partial charge in [0.25, 0.3) is 5.56 Å². The lowest BCUT2D eigenvalue weighted by Crippen LogP contribution is -2.10. The molecule has 2 aromatic heterocycles. The van der Waals surface area contributed by atoms with Crippen LogP contribution in [0.5, 0.6) is 0 Å². The van der Waals surface area contributed by atoms with E-state index < -0.39 is 17.2 Å². The second-order valence-electron chi connectivity index (χ2n) is 4.98. The van der Waals surface area contributed by atoms with Crippen LogP contribution in [0.15, 0.2) is 47.4 Å². The molecule has 0 unspecified atom stereocenters. The van der Waals surface area contributed by atoms with Crippen molar-refractivity contribution in [2.24, 2.45) is 0 Å². The predicted molar refractivity (Wildman–Crippen MR) is 79.6 cm³/mol. The van der Waals surface area contributed by atoms with E-state index in [4.69, 9.17) is 0 Å². The molecular formula is C16H9F2N3O. The Bertz CT molecular complexity index is 1080. The van der Waals surface area contributed by atoms with Crippen LogP contribution >= 0.6 is 0 Å². The summed E-state index contributed by atoms with van der Waals surface area (Å²) in [6.45, 7) is 0. The number of rotatable bonds is 1. The number of halogens is 2. The van der Waals surface area contributed by atoms with Gasteiger partial charge < -0.3 is 9.97 Å². The number of aromatic amines is 2. The monoisotopic (exact) mass is 297 g/mol. The lowest BCUT2D eigenvalue weighted by atomic mass is 10.1. The first kappa shape index (κ1) is 12.7. The Morgan fingerprint density at radius 3 is 2.68 bits per heavy atom. The molecule has 0 bridgehead atoms. The summed E-state index contributed by atoms with van der Waals surface area (Å²) in [5, 5.41) is 1.05. The molecule has 108 valence electrons. The summed E-state index contributed by atoms with van der Waals surface area (Å²) in [5.41, 5.74) is 1.18. The van der Waals surface area contributed by atoms with Crippen LogP contribution in [-0.2, 0) is 0 Å². The van der Waals surface area contributed by atoms with Crippen LogP contribution in [0.1, 0.15) is 0 Å². The molecule has 0 aliphatic rings. The molecule has 4 nitrogen and oxygen atoms in total. The largest absolute Gasteiger partial charge is 0.361 e. The topological polar surface area (TPSA) is 61.5 Å². The molecule has 2 heterocycles. The van der Waals surface area contributed by atoms with E-state index in [1.807, 2.05) is 24.4 Å². The third-order valence-electron chi connectivity index (χ3n) is 3.58. The number of benzene rings is 2. The van der Waals surface area contributed by atoms with Gasteiger partial charge >= 0.3 is 0 Å². The van der Waals surface area contributed by atoms with Gasteiger partial charge in [0.15, 0.2) is 11.6 Å². The van der Waals surface area contributed by atoms with Crippen LogP contribution in [0.25, 0.3) is 33.2 Å². The number of nitrogens with zero attached hydrogens (tertiary/aromatic N) is 1. The minimum atomic E-state index is -1.07. The second kappa shape index (κ2) is 4.49. The summed E-state index contributed by atoms with van der Waals surface area (Å²) in [5.74, 6) is -1.79. The van der Waals surface area contributed by atoms with Crippen LogP contribution in [-0.4, -0.2) is 15.0 Å². The zero-order chi connectivity index (χ0) is 15.3. The normalized spacial score (nSPS) is 11.4. The van der Waals surface area contributed by atoms with E-state index in [0.29, 0.717) is 11.4 Å². The second-order valence-corrected chi connectivity index (χ2v) is 4.98. The fourth-order valence-electron chi connectivity index (χ4n) is 2.47. The molecule has 0 aliphatic carbocycles. The Labute approximate surface area is 122 Å². The Balaban J connectivity index is 1.98. The van der Waals surface area contributed by atoms with Crippen molar-refractivity contribution in [2.75, 3.05) is 0 Å². The smallest absolute Gasteiger partial charge is 0.259 e. The van der Waals surface area contributed by atoms with Gasteiger partial charge in [-0.05, 0) is 23.6 Å². The quantitative estimate of drug-likeness (QED) is 0.566. The summed E-state index contributed by atoms with van der Waals surface area (Å²) in [4.78, 5) is 21.9. The first-order valence-electron chi connectivity index (χ1n) is 6.58. The number of aromatic nitrogens is 3. The average Bonchev–Trinajstić information content (AvgIpc) is 2.96. The van der Waals surface area contributed by atoms with Crippen molar-refractivity contribution in [1.82, 2.24) is 15.0 Å². The summed E-state index contributed by atoms with van der Waals surface area (Å²) < 4.78 is 26.6. The van der Waals surface area contributed by atoms with Gasteiger partial charge in [0.05, 0.1) is 10.9 Å². The van der Waals surface area contributed by atoms with E-state index in [9.17, 15) is 13.6 Å². The molecule has 0 atom stereocenters. The standard InChI is InChI=1S/C16H9F2N3O/c17-11-6-10-14(7-12(11)18)20-15(21-16(10)22)9-2-1-8-3-4-19-13(8)5-9/h1-7,19H,(H,20,21,22). The van der Waals surface area contributed by atoms with Crippen molar-refractivity contribution in [2.45, 2.75) is 0 Å². The van der Waals surface area contributed by atoms with E-state index in [0.717, 1.165) is 23.0 Å². The average molecular weight is 297 g/mol. The Morgan fingerprint density at radius 2 is 1.82 bits per heavy atom. The van der Waals surface area contributed by atoms with Crippen LogP contribution in [0.2, 0.25) is 0 Å². The highest BCUT2D eigenvalue weighted by molar-refractivity contribution is 5.85. The number of hydrogen-bond donors (Lipinski definition) is 2. The maximum Gasteiger partial charge on any atom is 0.259 e. The maximum atomic E-state index is 13.3. The minimum absolute atomic E-state index is 0.0172. The predicted octanol–water partition coefficient (Wildman–Crippen LogP) is 3.35. The Kier molecular flexibility index (Phi) is 2.59. The molecular weight excluding hydrogens is 288 g/mol. The van der Waals surface area contributed by atoms with Gasteiger partial charge in [-0.3, -0.25) is 4.79 Å². The molecule has 22 heavy (non-hydrogen) atoms. The molecule has 6 heteroatoms. The fraction of sp³-hybridized carbons (Fsp3) is 0. The first-order chi connectivity index (χ1) is 10.6. The van der Waals surface area contributed by atoms with Gasteiger partial charge in [-0.15, -0.1) is 0 Å². The van der Waals surface area contributed by atoms with Crippen molar-refractivity contribution < 1.29 is 8.78 Å². The van der Waals surface area contributed by atoms with Crippen molar-refractivity contribution in [1.29, 1.82) is 0 Å². The Hall–Kier alpha value is -3.02. The highest BCUT2D eigenvalue weighted by atomic mass is 19.2. The fourth-order valence-corrected chi connectivity index (χ4v) is 2.47. The van der Waals surface area contributed by atoms with Gasteiger partial charge in [-0.2, -0.15) is 0 Å². The molecule has 4 rings (SSSR count). The third kappa shape index (κ3) is 1.88. The van der Waals surface area contributed by atoms with Gasteiger partial charge in [0.2, 0.25) is 0 Å². The Morgan fingerprint density at radius 1 is 1.00 bits per heavy atom. The van der Waals surface area contributed by atoms with Crippen molar-refractivity contribution >= 4 is 21.8 Å². The highest BCUT2D eigenvalue weighted by Gasteiger charge is 2.11. The van der Waals surface area contributed by atoms with Crippen molar-refractivity contribution in [3.63, 3.8) is 0 Å². The first-order valence-corrected chi connectivity index (χ1v) is 6.58. The number of H-pyrrole nitrogens is 2.